The number of carbonyl (C=O) groups is 1. The van der Waals surface area contributed by atoms with Crippen molar-refractivity contribution in [2.24, 2.45) is 4.99 Å². The molecule has 0 spiro atoms. The van der Waals surface area contributed by atoms with Gasteiger partial charge >= 0.3 is 0 Å². The van der Waals surface area contributed by atoms with Crippen LogP contribution in [-0.2, 0) is 6.54 Å². The molecular weight excluding hydrogens is 408 g/mol. The maximum Gasteiger partial charge on any atom is 0.291 e. The standard InChI is InChI=1S/C24H28N4O4/c1-3-25-24(26-13-15-31-21-11-9-20(30-2)10-12-21)27-17-18-6-4-7-19(16-18)28-23(29)22-8-5-14-32-22/h4-12,14,16H,3,13,15,17H2,1-2H3,(H,28,29)(H2,25,26,27). The third-order valence-electron chi connectivity index (χ3n) is 4.42. The fraction of sp³-hybridized carbons (Fsp3) is 0.250. The third kappa shape index (κ3) is 7.09. The summed E-state index contributed by atoms with van der Waals surface area (Å²) in [7, 11) is 1.63. The van der Waals surface area contributed by atoms with Crippen LogP contribution in [0.3, 0.4) is 0 Å². The minimum Gasteiger partial charge on any atom is -0.497 e. The average molecular weight is 437 g/mol. The van der Waals surface area contributed by atoms with Crippen molar-refractivity contribution in [1.29, 1.82) is 0 Å². The topological polar surface area (TPSA) is 97.1 Å². The van der Waals surface area contributed by atoms with Crippen molar-refractivity contribution >= 4 is 17.6 Å². The van der Waals surface area contributed by atoms with Gasteiger partial charge in [-0.05, 0) is 61.0 Å². The summed E-state index contributed by atoms with van der Waals surface area (Å²) in [4.78, 5) is 16.8. The van der Waals surface area contributed by atoms with Crippen LogP contribution in [0.1, 0.15) is 23.0 Å². The molecule has 0 aliphatic heterocycles. The van der Waals surface area contributed by atoms with Crippen molar-refractivity contribution in [2.45, 2.75) is 13.5 Å². The minimum atomic E-state index is -0.289. The van der Waals surface area contributed by atoms with Gasteiger partial charge in [0.2, 0.25) is 0 Å². The predicted octanol–water partition coefficient (Wildman–Crippen LogP) is 3.67. The largest absolute Gasteiger partial charge is 0.497 e. The second-order valence-corrected chi connectivity index (χ2v) is 6.78. The van der Waals surface area contributed by atoms with Crippen LogP contribution < -0.4 is 25.4 Å². The number of hydrogen-bond donors (Lipinski definition) is 3. The number of nitrogens with one attached hydrogen (secondary N) is 3. The number of nitrogens with zero attached hydrogens (tertiary/aromatic N) is 1. The Morgan fingerprint density at radius 2 is 1.84 bits per heavy atom. The number of amides is 1. The first-order valence-corrected chi connectivity index (χ1v) is 10.4. The third-order valence-corrected chi connectivity index (χ3v) is 4.42. The molecule has 2 aromatic carbocycles. The van der Waals surface area contributed by atoms with Crippen LogP contribution in [0, 0.1) is 0 Å². The molecule has 32 heavy (non-hydrogen) atoms. The highest BCUT2D eigenvalue weighted by atomic mass is 16.5. The van der Waals surface area contributed by atoms with E-state index in [0.717, 1.165) is 23.6 Å². The molecule has 3 aromatic rings. The number of methoxy groups -OCH3 is 1. The number of aliphatic imine (C=N–C) groups is 1. The number of guanidine groups is 1. The fourth-order valence-electron chi connectivity index (χ4n) is 2.87. The Bertz CT molecular complexity index is 1000. The molecule has 1 heterocycles. The Labute approximate surface area is 187 Å². The molecule has 0 fully saturated rings. The number of rotatable bonds is 10. The molecule has 0 bridgehead atoms. The van der Waals surface area contributed by atoms with Crippen LogP contribution in [0.5, 0.6) is 11.5 Å². The first kappa shape index (κ1) is 22.7. The SMILES string of the molecule is CCNC(=NCc1cccc(NC(=O)c2ccco2)c1)NCCOc1ccc(OC)cc1. The number of carbonyl (C=O) groups excluding carboxylic acids is 1. The second kappa shape index (κ2) is 12.0. The second-order valence-electron chi connectivity index (χ2n) is 6.78. The van der Waals surface area contributed by atoms with Gasteiger partial charge in [-0.2, -0.15) is 0 Å². The van der Waals surface area contributed by atoms with E-state index in [0.29, 0.717) is 31.3 Å². The lowest BCUT2D eigenvalue weighted by atomic mass is 10.2. The highest BCUT2D eigenvalue weighted by molar-refractivity contribution is 6.02. The van der Waals surface area contributed by atoms with Crippen molar-refractivity contribution < 1.29 is 18.7 Å². The van der Waals surface area contributed by atoms with Gasteiger partial charge in [-0.1, -0.05) is 12.1 Å². The van der Waals surface area contributed by atoms with Crippen LogP contribution >= 0.6 is 0 Å². The molecule has 1 amide bonds. The molecule has 0 saturated heterocycles. The van der Waals surface area contributed by atoms with Crippen molar-refractivity contribution in [1.82, 2.24) is 10.6 Å². The number of ether oxygens (including phenoxy) is 2. The summed E-state index contributed by atoms with van der Waals surface area (Å²) in [6.07, 6.45) is 1.47. The highest BCUT2D eigenvalue weighted by Gasteiger charge is 2.08. The lowest BCUT2D eigenvalue weighted by Gasteiger charge is -2.12. The van der Waals surface area contributed by atoms with Crippen molar-refractivity contribution in [3.05, 3.63) is 78.3 Å². The molecule has 0 saturated carbocycles. The number of benzene rings is 2. The van der Waals surface area contributed by atoms with E-state index >= 15 is 0 Å². The Morgan fingerprint density at radius 1 is 1.03 bits per heavy atom. The van der Waals surface area contributed by atoms with Gasteiger partial charge in [-0.25, -0.2) is 4.99 Å². The van der Waals surface area contributed by atoms with E-state index in [2.05, 4.69) is 20.9 Å². The van der Waals surface area contributed by atoms with Crippen molar-refractivity contribution in [3.63, 3.8) is 0 Å². The van der Waals surface area contributed by atoms with Gasteiger partial charge in [-0.15, -0.1) is 0 Å². The summed E-state index contributed by atoms with van der Waals surface area (Å²) in [5.41, 5.74) is 1.65. The van der Waals surface area contributed by atoms with E-state index in [1.165, 1.54) is 6.26 Å². The average Bonchev–Trinajstić information content (AvgIpc) is 3.36. The zero-order valence-electron chi connectivity index (χ0n) is 18.3. The maximum atomic E-state index is 12.1. The smallest absolute Gasteiger partial charge is 0.291 e. The van der Waals surface area contributed by atoms with E-state index < -0.39 is 0 Å². The predicted molar refractivity (Wildman–Crippen MR) is 124 cm³/mol. The Hall–Kier alpha value is -3.94. The van der Waals surface area contributed by atoms with Crippen LogP contribution in [0.4, 0.5) is 5.69 Å². The van der Waals surface area contributed by atoms with E-state index in [1.807, 2.05) is 55.5 Å². The molecule has 0 atom stereocenters. The summed E-state index contributed by atoms with van der Waals surface area (Å²) < 4.78 is 16.0. The summed E-state index contributed by atoms with van der Waals surface area (Å²) >= 11 is 0. The minimum absolute atomic E-state index is 0.268. The molecular formula is C24H28N4O4. The van der Waals surface area contributed by atoms with E-state index in [9.17, 15) is 4.79 Å². The van der Waals surface area contributed by atoms with Gasteiger partial charge in [-0.3, -0.25) is 4.79 Å². The van der Waals surface area contributed by atoms with E-state index in [4.69, 9.17) is 13.9 Å². The first-order valence-electron chi connectivity index (χ1n) is 10.4. The summed E-state index contributed by atoms with van der Waals surface area (Å²) in [6, 6.07) is 18.3. The molecule has 0 unspecified atom stereocenters. The molecule has 8 heteroatoms. The van der Waals surface area contributed by atoms with E-state index in [1.54, 1.807) is 19.2 Å². The van der Waals surface area contributed by atoms with Crippen LogP contribution in [0.2, 0.25) is 0 Å². The van der Waals surface area contributed by atoms with Crippen molar-refractivity contribution in [3.8, 4) is 11.5 Å². The fourth-order valence-corrected chi connectivity index (χ4v) is 2.87. The number of furan rings is 1. The normalized spacial score (nSPS) is 11.0. The number of hydrogen-bond acceptors (Lipinski definition) is 5. The molecule has 168 valence electrons. The zero-order valence-corrected chi connectivity index (χ0v) is 18.3. The lowest BCUT2D eigenvalue weighted by molar-refractivity contribution is 0.0996. The van der Waals surface area contributed by atoms with Crippen LogP contribution in [0.25, 0.3) is 0 Å². The number of anilines is 1. The zero-order chi connectivity index (χ0) is 22.6. The highest BCUT2D eigenvalue weighted by Crippen LogP contribution is 2.16. The lowest BCUT2D eigenvalue weighted by Crippen LogP contribution is -2.39. The van der Waals surface area contributed by atoms with Crippen LogP contribution in [0.15, 0.2) is 76.3 Å². The van der Waals surface area contributed by atoms with Gasteiger partial charge in [0, 0.05) is 12.2 Å². The molecule has 8 nitrogen and oxygen atoms in total. The molecule has 0 aliphatic carbocycles. The van der Waals surface area contributed by atoms with Crippen molar-refractivity contribution in [2.75, 3.05) is 32.1 Å². The summed E-state index contributed by atoms with van der Waals surface area (Å²) in [6.45, 7) is 4.29. The molecule has 1 aromatic heterocycles. The van der Waals surface area contributed by atoms with Crippen LogP contribution in [-0.4, -0.2) is 38.7 Å². The summed E-state index contributed by atoms with van der Waals surface area (Å²) in [5.74, 6) is 2.24. The van der Waals surface area contributed by atoms with Gasteiger partial charge in [0.25, 0.3) is 5.91 Å². The van der Waals surface area contributed by atoms with Gasteiger partial charge in [0.05, 0.1) is 26.5 Å². The monoisotopic (exact) mass is 436 g/mol. The maximum absolute atomic E-state index is 12.1. The Kier molecular flexibility index (Phi) is 8.56. The molecule has 0 radical (unpaired) electrons. The van der Waals surface area contributed by atoms with E-state index in [-0.39, 0.29) is 11.7 Å². The Balaban J connectivity index is 1.49. The quantitative estimate of drug-likeness (QED) is 0.255. The van der Waals surface area contributed by atoms with Gasteiger partial charge in [0.1, 0.15) is 18.1 Å². The van der Waals surface area contributed by atoms with Gasteiger partial charge < -0.3 is 29.8 Å². The summed E-state index contributed by atoms with van der Waals surface area (Å²) in [5, 5.41) is 9.30. The molecule has 3 N–H and O–H groups in total. The first-order chi connectivity index (χ1) is 15.7. The molecule has 0 aliphatic rings. The Morgan fingerprint density at radius 3 is 2.56 bits per heavy atom. The van der Waals surface area contributed by atoms with Gasteiger partial charge in [0.15, 0.2) is 11.7 Å². The molecule has 3 rings (SSSR count).